The van der Waals surface area contributed by atoms with Gasteiger partial charge in [0.05, 0.1) is 17.5 Å². The Morgan fingerprint density at radius 2 is 2.08 bits per heavy atom. The van der Waals surface area contributed by atoms with Crippen molar-refractivity contribution in [2.75, 3.05) is 0 Å². The summed E-state index contributed by atoms with van der Waals surface area (Å²) in [4.78, 5) is 29.6. The third-order valence-electron chi connectivity index (χ3n) is 1.60. The van der Waals surface area contributed by atoms with Crippen molar-refractivity contribution >= 4 is 17.4 Å². The molecular weight excluding hydrogens is 170 g/mol. The summed E-state index contributed by atoms with van der Waals surface area (Å²) in [5.74, 6) is -0.837. The third kappa shape index (κ3) is 1.31. The zero-order valence-corrected chi connectivity index (χ0v) is 6.52. The van der Waals surface area contributed by atoms with Crippen molar-refractivity contribution in [1.29, 1.82) is 0 Å². The van der Waals surface area contributed by atoms with Gasteiger partial charge in [-0.15, -0.1) is 0 Å². The van der Waals surface area contributed by atoms with Gasteiger partial charge in [0.2, 0.25) is 0 Å². The monoisotopic (exact) mass is 175 g/mol. The molecular formula is C8H5N3O2. The number of hydrogen-bond acceptors (Lipinski definition) is 4. The second-order valence-electron chi connectivity index (χ2n) is 2.47. The Morgan fingerprint density at radius 1 is 1.23 bits per heavy atom. The van der Waals surface area contributed by atoms with Crippen molar-refractivity contribution in [2.45, 2.75) is 0 Å². The van der Waals surface area contributed by atoms with Gasteiger partial charge in [-0.25, -0.2) is 0 Å². The van der Waals surface area contributed by atoms with Gasteiger partial charge in [-0.3, -0.25) is 24.9 Å². The number of aromatic nitrogens is 2. The van der Waals surface area contributed by atoms with E-state index in [2.05, 4.69) is 15.3 Å². The van der Waals surface area contributed by atoms with Gasteiger partial charge in [-0.05, 0) is 0 Å². The van der Waals surface area contributed by atoms with Gasteiger partial charge in [0.1, 0.15) is 0 Å². The van der Waals surface area contributed by atoms with Gasteiger partial charge in [0.25, 0.3) is 11.8 Å². The second-order valence-corrected chi connectivity index (χ2v) is 2.47. The van der Waals surface area contributed by atoms with Crippen LogP contribution in [-0.4, -0.2) is 21.8 Å². The standard InChI is InChI=1S/C8H5N3O2/c12-7-3-5(8(13)11-7)6-4-9-1-2-10-6/h1-4H,(H,11,12,13). The Hall–Kier alpha value is -2.04. The lowest BCUT2D eigenvalue weighted by atomic mass is 10.2. The molecule has 0 saturated carbocycles. The highest BCUT2D eigenvalue weighted by Gasteiger charge is 2.22. The van der Waals surface area contributed by atoms with Gasteiger partial charge in [0, 0.05) is 18.5 Å². The number of amides is 2. The molecule has 0 saturated heterocycles. The fraction of sp³-hybridized carbons (Fsp3) is 0. The van der Waals surface area contributed by atoms with Crippen LogP contribution in [-0.2, 0) is 9.59 Å². The van der Waals surface area contributed by atoms with E-state index < -0.39 is 11.8 Å². The Bertz CT molecular complexity index is 397. The minimum Gasteiger partial charge on any atom is -0.289 e. The molecule has 0 spiro atoms. The van der Waals surface area contributed by atoms with E-state index in [0.717, 1.165) is 0 Å². The highest BCUT2D eigenvalue weighted by atomic mass is 16.2. The zero-order chi connectivity index (χ0) is 9.26. The van der Waals surface area contributed by atoms with E-state index in [-0.39, 0.29) is 5.57 Å². The van der Waals surface area contributed by atoms with Crippen LogP contribution in [0.1, 0.15) is 5.69 Å². The first-order valence-electron chi connectivity index (χ1n) is 3.61. The quantitative estimate of drug-likeness (QED) is 0.585. The molecule has 0 radical (unpaired) electrons. The van der Waals surface area contributed by atoms with E-state index in [1.807, 2.05) is 0 Å². The maximum Gasteiger partial charge on any atom is 0.260 e. The van der Waals surface area contributed by atoms with Gasteiger partial charge in [0.15, 0.2) is 0 Å². The first-order valence-corrected chi connectivity index (χ1v) is 3.61. The van der Waals surface area contributed by atoms with Crippen LogP contribution in [0.25, 0.3) is 5.57 Å². The minimum absolute atomic E-state index is 0.262. The van der Waals surface area contributed by atoms with Crippen molar-refractivity contribution in [3.8, 4) is 0 Å². The summed E-state index contributed by atoms with van der Waals surface area (Å²) in [6.07, 6.45) is 5.61. The summed E-state index contributed by atoms with van der Waals surface area (Å²) < 4.78 is 0. The smallest absolute Gasteiger partial charge is 0.260 e. The molecule has 5 nitrogen and oxygen atoms in total. The van der Waals surface area contributed by atoms with Crippen LogP contribution >= 0.6 is 0 Å². The van der Waals surface area contributed by atoms with Crippen molar-refractivity contribution in [3.63, 3.8) is 0 Å². The summed E-state index contributed by atoms with van der Waals surface area (Å²) in [7, 11) is 0. The van der Waals surface area contributed by atoms with Crippen LogP contribution in [0.5, 0.6) is 0 Å². The number of carbonyl (C=O) groups excluding carboxylic acids is 2. The molecule has 0 unspecified atom stereocenters. The topological polar surface area (TPSA) is 72.0 Å². The highest BCUT2D eigenvalue weighted by molar-refractivity contribution is 6.33. The normalized spacial score (nSPS) is 15.5. The average molecular weight is 175 g/mol. The van der Waals surface area contributed by atoms with Crippen LogP contribution < -0.4 is 5.32 Å². The number of nitrogens with zero attached hydrogens (tertiary/aromatic N) is 2. The largest absolute Gasteiger partial charge is 0.289 e. The molecule has 2 amide bonds. The number of nitrogens with one attached hydrogen (secondary N) is 1. The second kappa shape index (κ2) is 2.78. The molecule has 0 fully saturated rings. The summed E-state index contributed by atoms with van der Waals surface area (Å²) in [5.41, 5.74) is 0.670. The molecule has 13 heavy (non-hydrogen) atoms. The molecule has 5 heteroatoms. The maximum absolute atomic E-state index is 11.1. The lowest BCUT2D eigenvalue weighted by molar-refractivity contribution is -0.123. The number of carbonyl (C=O) groups is 2. The summed E-state index contributed by atoms with van der Waals surface area (Å²) >= 11 is 0. The Labute approximate surface area is 73.5 Å². The predicted octanol–water partition coefficient (Wildman–Crippen LogP) is -0.484. The van der Waals surface area contributed by atoms with Crippen LogP contribution in [0.4, 0.5) is 0 Å². The lowest BCUT2D eigenvalue weighted by Crippen LogP contribution is -2.21. The Kier molecular flexibility index (Phi) is 1.63. The van der Waals surface area contributed by atoms with Crippen molar-refractivity contribution in [2.24, 2.45) is 0 Å². The van der Waals surface area contributed by atoms with Crippen molar-refractivity contribution in [3.05, 3.63) is 30.4 Å². The molecule has 0 bridgehead atoms. The molecule has 1 aliphatic rings. The minimum atomic E-state index is -0.425. The number of hydrogen-bond donors (Lipinski definition) is 1. The Balaban J connectivity index is 2.43. The van der Waals surface area contributed by atoms with Gasteiger partial charge >= 0.3 is 0 Å². The van der Waals surface area contributed by atoms with Crippen LogP contribution in [0.3, 0.4) is 0 Å². The maximum atomic E-state index is 11.1. The summed E-state index contributed by atoms with van der Waals surface area (Å²) in [6.45, 7) is 0. The van der Waals surface area contributed by atoms with E-state index in [4.69, 9.17) is 0 Å². The molecule has 0 atom stereocenters. The average Bonchev–Trinajstić information content (AvgIpc) is 2.47. The predicted molar refractivity (Wildman–Crippen MR) is 43.2 cm³/mol. The fourth-order valence-corrected chi connectivity index (χ4v) is 1.04. The first kappa shape index (κ1) is 7.60. The Morgan fingerprint density at radius 3 is 2.62 bits per heavy atom. The van der Waals surface area contributed by atoms with Gasteiger partial charge in [-0.2, -0.15) is 0 Å². The summed E-state index contributed by atoms with van der Waals surface area (Å²) in [6, 6.07) is 0. The molecule has 64 valence electrons. The zero-order valence-electron chi connectivity index (χ0n) is 6.52. The highest BCUT2D eigenvalue weighted by Crippen LogP contribution is 2.13. The van der Waals surface area contributed by atoms with Gasteiger partial charge < -0.3 is 0 Å². The molecule has 2 rings (SSSR count). The number of rotatable bonds is 1. The van der Waals surface area contributed by atoms with Crippen molar-refractivity contribution in [1.82, 2.24) is 15.3 Å². The van der Waals surface area contributed by atoms with E-state index >= 15 is 0 Å². The molecule has 1 N–H and O–H groups in total. The molecule has 1 aromatic rings. The van der Waals surface area contributed by atoms with Crippen LogP contribution in [0.15, 0.2) is 24.7 Å². The van der Waals surface area contributed by atoms with E-state index in [1.165, 1.54) is 24.7 Å². The van der Waals surface area contributed by atoms with E-state index in [1.54, 1.807) is 0 Å². The van der Waals surface area contributed by atoms with Crippen LogP contribution in [0, 0.1) is 0 Å². The molecule has 0 aromatic carbocycles. The van der Waals surface area contributed by atoms with Gasteiger partial charge in [-0.1, -0.05) is 0 Å². The van der Waals surface area contributed by atoms with E-state index in [9.17, 15) is 9.59 Å². The van der Waals surface area contributed by atoms with Crippen molar-refractivity contribution < 1.29 is 9.59 Å². The third-order valence-corrected chi connectivity index (χ3v) is 1.60. The SMILES string of the molecule is O=C1C=C(c2cnccn2)C(=O)N1. The lowest BCUT2D eigenvalue weighted by Gasteiger charge is -1.95. The molecule has 1 aliphatic heterocycles. The number of imide groups is 1. The summed E-state index contributed by atoms with van der Waals surface area (Å²) in [5, 5.41) is 2.13. The molecule has 1 aromatic heterocycles. The molecule has 0 aliphatic carbocycles. The van der Waals surface area contributed by atoms with Crippen LogP contribution in [0.2, 0.25) is 0 Å². The molecule has 2 heterocycles. The first-order chi connectivity index (χ1) is 6.27. The van der Waals surface area contributed by atoms with E-state index in [0.29, 0.717) is 5.69 Å². The fourth-order valence-electron chi connectivity index (χ4n) is 1.04.